The van der Waals surface area contributed by atoms with Crippen molar-refractivity contribution < 1.29 is 14.3 Å². The number of rotatable bonds is 9. The summed E-state index contributed by atoms with van der Waals surface area (Å²) in [5.41, 5.74) is 1.70. The van der Waals surface area contributed by atoms with Crippen molar-refractivity contribution in [3.63, 3.8) is 0 Å². The highest BCUT2D eigenvalue weighted by molar-refractivity contribution is 9.10. The standard InChI is InChI=1S/C19H29BrN2O3/c1-6-21(7-2)13(3)9-8-10-22-12-15-14(19(22)23)11-16(24-4)18(25-5)17(15)20/h11,13H,6-10,12H2,1-5H3. The van der Waals surface area contributed by atoms with Crippen molar-refractivity contribution in [2.24, 2.45) is 0 Å². The number of fused-ring (bicyclic) bond motifs is 1. The summed E-state index contributed by atoms with van der Waals surface area (Å²) >= 11 is 3.58. The first-order valence-electron chi connectivity index (χ1n) is 8.95. The Kier molecular flexibility index (Phi) is 7.14. The summed E-state index contributed by atoms with van der Waals surface area (Å²) in [5.74, 6) is 1.30. The fourth-order valence-corrected chi connectivity index (χ4v) is 4.25. The second kappa shape index (κ2) is 8.90. The Morgan fingerprint density at radius 3 is 2.52 bits per heavy atom. The third-order valence-corrected chi connectivity index (χ3v) is 5.90. The molecule has 0 saturated heterocycles. The first-order valence-corrected chi connectivity index (χ1v) is 9.74. The molecule has 0 fully saturated rings. The summed E-state index contributed by atoms with van der Waals surface area (Å²) in [6.07, 6.45) is 2.10. The van der Waals surface area contributed by atoms with Crippen LogP contribution in [0.3, 0.4) is 0 Å². The van der Waals surface area contributed by atoms with E-state index in [1.54, 1.807) is 20.3 Å². The number of carbonyl (C=O) groups is 1. The highest BCUT2D eigenvalue weighted by atomic mass is 79.9. The summed E-state index contributed by atoms with van der Waals surface area (Å²) in [4.78, 5) is 17.1. The Balaban J connectivity index is 2.04. The topological polar surface area (TPSA) is 42.0 Å². The van der Waals surface area contributed by atoms with Crippen LogP contribution in [0.5, 0.6) is 11.5 Å². The lowest BCUT2D eigenvalue weighted by Gasteiger charge is -2.27. The molecule has 1 unspecified atom stereocenters. The van der Waals surface area contributed by atoms with Crippen LogP contribution in [0, 0.1) is 0 Å². The maximum atomic E-state index is 12.7. The molecular weight excluding hydrogens is 384 g/mol. The molecule has 1 aromatic carbocycles. The lowest BCUT2D eigenvalue weighted by molar-refractivity contribution is 0.0770. The minimum absolute atomic E-state index is 0.0761. The van der Waals surface area contributed by atoms with E-state index in [1.807, 2.05) is 4.90 Å². The van der Waals surface area contributed by atoms with Gasteiger partial charge < -0.3 is 19.3 Å². The molecule has 0 N–H and O–H groups in total. The molecule has 25 heavy (non-hydrogen) atoms. The molecule has 5 nitrogen and oxygen atoms in total. The fourth-order valence-electron chi connectivity index (χ4n) is 3.56. The summed E-state index contributed by atoms with van der Waals surface area (Å²) in [6, 6.07) is 2.33. The highest BCUT2D eigenvalue weighted by Gasteiger charge is 2.32. The lowest BCUT2D eigenvalue weighted by Crippen LogP contribution is -2.33. The zero-order valence-corrected chi connectivity index (χ0v) is 17.5. The molecular formula is C19H29BrN2O3. The Hall–Kier alpha value is -1.27. The van der Waals surface area contributed by atoms with Gasteiger partial charge in [0, 0.05) is 30.3 Å². The number of methoxy groups -OCH3 is 2. The zero-order chi connectivity index (χ0) is 18.6. The molecule has 0 aliphatic carbocycles. The number of benzene rings is 1. The van der Waals surface area contributed by atoms with E-state index >= 15 is 0 Å². The van der Waals surface area contributed by atoms with Gasteiger partial charge in [0.15, 0.2) is 11.5 Å². The van der Waals surface area contributed by atoms with E-state index < -0.39 is 0 Å². The van der Waals surface area contributed by atoms with E-state index in [-0.39, 0.29) is 5.91 Å². The smallest absolute Gasteiger partial charge is 0.254 e. The first-order chi connectivity index (χ1) is 12.0. The average Bonchev–Trinajstić information content (AvgIpc) is 2.92. The maximum absolute atomic E-state index is 12.7. The van der Waals surface area contributed by atoms with Crippen LogP contribution in [-0.2, 0) is 6.54 Å². The van der Waals surface area contributed by atoms with Crippen LogP contribution >= 0.6 is 15.9 Å². The van der Waals surface area contributed by atoms with Gasteiger partial charge >= 0.3 is 0 Å². The molecule has 140 valence electrons. The Morgan fingerprint density at radius 2 is 1.96 bits per heavy atom. The van der Waals surface area contributed by atoms with Crippen molar-refractivity contribution in [3.8, 4) is 11.5 Å². The van der Waals surface area contributed by atoms with Crippen molar-refractivity contribution in [1.82, 2.24) is 9.80 Å². The first kappa shape index (κ1) is 20.0. The predicted octanol–water partition coefficient (Wildman–Crippen LogP) is 3.93. The average molecular weight is 413 g/mol. The van der Waals surface area contributed by atoms with Gasteiger partial charge in [0.25, 0.3) is 5.91 Å². The Bertz CT molecular complexity index is 617. The van der Waals surface area contributed by atoms with Crippen LogP contribution < -0.4 is 9.47 Å². The van der Waals surface area contributed by atoms with Crippen molar-refractivity contribution in [1.29, 1.82) is 0 Å². The van der Waals surface area contributed by atoms with Crippen LogP contribution in [0.15, 0.2) is 10.5 Å². The number of carbonyl (C=O) groups excluding carboxylic acids is 1. The third kappa shape index (κ3) is 4.11. The molecule has 1 aromatic rings. The van der Waals surface area contributed by atoms with E-state index in [0.29, 0.717) is 29.6 Å². The fraction of sp³-hybridized carbons (Fsp3) is 0.632. The van der Waals surface area contributed by atoms with Crippen molar-refractivity contribution >= 4 is 21.8 Å². The zero-order valence-electron chi connectivity index (χ0n) is 15.9. The maximum Gasteiger partial charge on any atom is 0.254 e. The highest BCUT2D eigenvalue weighted by Crippen LogP contribution is 2.43. The van der Waals surface area contributed by atoms with Crippen LogP contribution in [0.4, 0.5) is 0 Å². The molecule has 0 radical (unpaired) electrons. The molecule has 1 heterocycles. The van der Waals surface area contributed by atoms with Crippen LogP contribution in [0.2, 0.25) is 0 Å². The van der Waals surface area contributed by atoms with Gasteiger partial charge in [-0.1, -0.05) is 13.8 Å². The van der Waals surface area contributed by atoms with Crippen molar-refractivity contribution in [3.05, 3.63) is 21.7 Å². The molecule has 6 heteroatoms. The van der Waals surface area contributed by atoms with Gasteiger partial charge in [-0.15, -0.1) is 0 Å². The van der Waals surface area contributed by atoms with Gasteiger partial charge in [0.2, 0.25) is 0 Å². The molecule has 0 aromatic heterocycles. The van der Waals surface area contributed by atoms with Crippen LogP contribution in [0.25, 0.3) is 0 Å². The second-order valence-electron chi connectivity index (χ2n) is 6.39. The van der Waals surface area contributed by atoms with Gasteiger partial charge in [-0.25, -0.2) is 0 Å². The van der Waals surface area contributed by atoms with E-state index in [2.05, 4.69) is 41.6 Å². The van der Waals surface area contributed by atoms with Crippen molar-refractivity contribution in [2.45, 2.75) is 46.2 Å². The van der Waals surface area contributed by atoms with Gasteiger partial charge in [-0.3, -0.25) is 4.79 Å². The second-order valence-corrected chi connectivity index (χ2v) is 7.18. The van der Waals surface area contributed by atoms with Gasteiger partial charge in [0.1, 0.15) is 0 Å². The van der Waals surface area contributed by atoms with E-state index in [9.17, 15) is 4.79 Å². The number of nitrogens with zero attached hydrogens (tertiary/aromatic N) is 2. The van der Waals surface area contributed by atoms with E-state index in [0.717, 1.165) is 42.5 Å². The molecule has 1 aliphatic heterocycles. The van der Waals surface area contributed by atoms with E-state index in [1.165, 1.54) is 0 Å². The van der Waals surface area contributed by atoms with Gasteiger partial charge in [-0.05, 0) is 54.9 Å². The molecule has 2 rings (SSSR count). The van der Waals surface area contributed by atoms with E-state index in [4.69, 9.17) is 9.47 Å². The Labute approximate surface area is 159 Å². The van der Waals surface area contributed by atoms with Crippen LogP contribution in [0.1, 0.15) is 49.5 Å². The Morgan fingerprint density at radius 1 is 1.28 bits per heavy atom. The summed E-state index contributed by atoms with van der Waals surface area (Å²) < 4.78 is 11.6. The minimum Gasteiger partial charge on any atom is -0.493 e. The van der Waals surface area contributed by atoms with Crippen molar-refractivity contribution in [2.75, 3.05) is 33.9 Å². The molecule has 1 amide bonds. The number of ether oxygens (including phenoxy) is 2. The van der Waals surface area contributed by atoms with Gasteiger partial charge in [-0.2, -0.15) is 0 Å². The number of amides is 1. The monoisotopic (exact) mass is 412 g/mol. The quantitative estimate of drug-likeness (QED) is 0.615. The summed E-state index contributed by atoms with van der Waals surface area (Å²) in [7, 11) is 3.20. The number of halogens is 1. The summed E-state index contributed by atoms with van der Waals surface area (Å²) in [5, 5.41) is 0. The lowest BCUT2D eigenvalue weighted by atomic mass is 10.1. The van der Waals surface area contributed by atoms with Crippen LogP contribution in [-0.4, -0.2) is 55.6 Å². The predicted molar refractivity (Wildman–Crippen MR) is 104 cm³/mol. The third-order valence-electron chi connectivity index (χ3n) is 5.06. The molecule has 0 bridgehead atoms. The van der Waals surface area contributed by atoms with Gasteiger partial charge in [0.05, 0.1) is 18.7 Å². The normalized spacial score (nSPS) is 14.8. The molecule has 0 saturated carbocycles. The number of hydrogen-bond acceptors (Lipinski definition) is 4. The summed E-state index contributed by atoms with van der Waals surface area (Å²) in [6.45, 7) is 10.2. The number of hydrogen-bond donors (Lipinski definition) is 0. The molecule has 1 aliphatic rings. The SMILES string of the molecule is CCN(CC)C(C)CCCN1Cc2c(cc(OC)c(OC)c2Br)C1=O. The molecule has 1 atom stereocenters. The minimum atomic E-state index is 0.0761. The largest absolute Gasteiger partial charge is 0.493 e. The molecule has 0 spiro atoms.